The van der Waals surface area contributed by atoms with Gasteiger partial charge in [-0.15, -0.1) is 0 Å². The van der Waals surface area contributed by atoms with E-state index in [0.29, 0.717) is 24.7 Å². The van der Waals surface area contributed by atoms with Gasteiger partial charge in [-0.25, -0.2) is 17.6 Å². The highest BCUT2D eigenvalue weighted by molar-refractivity contribution is 5.90. The number of nitrogens with zero attached hydrogens (tertiary/aromatic N) is 4. The summed E-state index contributed by atoms with van der Waals surface area (Å²) in [6.07, 6.45) is 0. The van der Waals surface area contributed by atoms with Crippen molar-refractivity contribution in [2.24, 2.45) is 0 Å². The minimum atomic E-state index is -0.636. The maximum Gasteiger partial charge on any atom is 0.128 e. The van der Waals surface area contributed by atoms with Gasteiger partial charge in [0.15, 0.2) is 0 Å². The highest BCUT2D eigenvalue weighted by Crippen LogP contribution is 2.47. The fourth-order valence-corrected chi connectivity index (χ4v) is 5.53. The van der Waals surface area contributed by atoms with Crippen molar-refractivity contribution in [3.05, 3.63) is 132 Å². The number of fused-ring (bicyclic) bond motifs is 2. The molecular weight excluding hydrogens is 516 g/mol. The highest BCUT2D eigenvalue weighted by atomic mass is 19.1. The van der Waals surface area contributed by atoms with Crippen LogP contribution in [0.3, 0.4) is 0 Å². The van der Waals surface area contributed by atoms with Crippen molar-refractivity contribution in [1.29, 1.82) is 0 Å². The molecule has 198 valence electrons. The molecule has 2 aliphatic rings. The lowest BCUT2D eigenvalue weighted by Crippen LogP contribution is -2.25. The van der Waals surface area contributed by atoms with Crippen LogP contribution in [0.15, 0.2) is 109 Å². The number of hydrogen-bond acceptors (Lipinski definition) is 4. The Kier molecular flexibility index (Phi) is 5.62. The van der Waals surface area contributed by atoms with Gasteiger partial charge in [-0.05, 0) is 66.7 Å². The zero-order valence-electron chi connectivity index (χ0n) is 21.1. The molecule has 2 heterocycles. The molecule has 0 unspecified atom stereocenters. The van der Waals surface area contributed by atoms with E-state index in [1.54, 1.807) is 0 Å². The van der Waals surface area contributed by atoms with Crippen molar-refractivity contribution in [3.63, 3.8) is 0 Å². The van der Waals surface area contributed by atoms with E-state index in [1.165, 1.54) is 24.3 Å². The summed E-state index contributed by atoms with van der Waals surface area (Å²) in [4.78, 5) is 7.92. The first-order chi connectivity index (χ1) is 19.4. The number of halogens is 4. The van der Waals surface area contributed by atoms with Gasteiger partial charge in [-0.3, -0.25) is 0 Å². The lowest BCUT2D eigenvalue weighted by atomic mass is 10.2. The molecule has 0 fully saturated rings. The van der Waals surface area contributed by atoms with Crippen molar-refractivity contribution in [2.75, 3.05) is 32.9 Å². The monoisotopic (exact) mass is 538 g/mol. The van der Waals surface area contributed by atoms with Crippen LogP contribution in [0.5, 0.6) is 0 Å². The standard InChI is InChI=1S/C32H22F4N4/c33-21-12-22(34)15-27(14-21)39-19-37(29-8-1-3-10-31(29)39)25-6-5-7-26(18-25)38-20-40(32-11-4-2-9-30(32)38)28-16-23(35)13-24(36)17-28/h1-18H,19-20H2. The van der Waals surface area contributed by atoms with E-state index in [2.05, 4.69) is 9.80 Å². The molecule has 0 bridgehead atoms. The predicted molar refractivity (Wildman–Crippen MR) is 150 cm³/mol. The summed E-state index contributed by atoms with van der Waals surface area (Å²) < 4.78 is 56.4. The topological polar surface area (TPSA) is 13.0 Å². The zero-order valence-corrected chi connectivity index (χ0v) is 21.1. The average molecular weight is 539 g/mol. The molecule has 8 heteroatoms. The molecule has 0 spiro atoms. The first kappa shape index (κ1) is 24.1. The molecule has 0 radical (unpaired) electrons. The van der Waals surface area contributed by atoms with Crippen molar-refractivity contribution >= 4 is 45.5 Å². The first-order valence-corrected chi connectivity index (χ1v) is 12.7. The van der Waals surface area contributed by atoms with Crippen LogP contribution >= 0.6 is 0 Å². The van der Waals surface area contributed by atoms with Crippen molar-refractivity contribution in [2.45, 2.75) is 0 Å². The Morgan fingerprint density at radius 3 is 1.02 bits per heavy atom. The lowest BCUT2D eigenvalue weighted by Gasteiger charge is -2.25. The molecule has 0 saturated heterocycles. The second kappa shape index (κ2) is 9.34. The number of hydrogen-bond donors (Lipinski definition) is 0. The minimum absolute atomic E-state index is 0.358. The highest BCUT2D eigenvalue weighted by Gasteiger charge is 2.31. The third-order valence-electron chi connectivity index (χ3n) is 7.26. The first-order valence-electron chi connectivity index (χ1n) is 12.7. The molecule has 2 aliphatic heterocycles. The van der Waals surface area contributed by atoms with Crippen LogP contribution in [-0.4, -0.2) is 13.3 Å². The molecule has 0 saturated carbocycles. The Labute approximate surface area is 228 Å². The van der Waals surface area contributed by atoms with Crippen LogP contribution in [0.1, 0.15) is 0 Å². The van der Waals surface area contributed by atoms with Gasteiger partial charge < -0.3 is 19.6 Å². The van der Waals surface area contributed by atoms with Crippen molar-refractivity contribution in [1.82, 2.24) is 0 Å². The number of rotatable bonds is 4. The largest absolute Gasteiger partial charge is 0.321 e. The van der Waals surface area contributed by atoms with Gasteiger partial charge >= 0.3 is 0 Å². The summed E-state index contributed by atoms with van der Waals surface area (Å²) >= 11 is 0. The van der Waals surface area contributed by atoms with E-state index < -0.39 is 23.3 Å². The molecule has 7 rings (SSSR count). The normalized spacial score (nSPS) is 14.1. The van der Waals surface area contributed by atoms with Gasteiger partial charge in [-0.1, -0.05) is 30.3 Å². The molecule has 5 aromatic carbocycles. The molecule has 4 nitrogen and oxygen atoms in total. The van der Waals surface area contributed by atoms with E-state index in [1.807, 2.05) is 82.6 Å². The summed E-state index contributed by atoms with van der Waals surface area (Å²) in [6, 6.07) is 30.4. The van der Waals surface area contributed by atoms with Gasteiger partial charge in [0.05, 0.1) is 22.7 Å². The Bertz CT molecular complexity index is 1590. The molecular formula is C32H22F4N4. The van der Waals surface area contributed by atoms with E-state index in [4.69, 9.17) is 0 Å². The Balaban J connectivity index is 1.26. The Morgan fingerprint density at radius 2 is 0.675 bits per heavy atom. The molecule has 40 heavy (non-hydrogen) atoms. The summed E-state index contributed by atoms with van der Waals surface area (Å²) in [5.41, 5.74) is 6.11. The minimum Gasteiger partial charge on any atom is -0.321 e. The molecule has 0 aliphatic carbocycles. The van der Waals surface area contributed by atoms with E-state index in [9.17, 15) is 17.6 Å². The quantitative estimate of drug-likeness (QED) is 0.212. The fourth-order valence-electron chi connectivity index (χ4n) is 5.53. The molecule has 0 aromatic heterocycles. The summed E-state index contributed by atoms with van der Waals surface area (Å²) in [6.45, 7) is 0.716. The van der Waals surface area contributed by atoms with Gasteiger partial charge in [0.2, 0.25) is 0 Å². The van der Waals surface area contributed by atoms with E-state index in [0.717, 1.165) is 46.3 Å². The van der Waals surface area contributed by atoms with Crippen molar-refractivity contribution < 1.29 is 17.6 Å². The lowest BCUT2D eigenvalue weighted by molar-refractivity contribution is 0.582. The molecule has 5 aromatic rings. The molecule has 0 atom stereocenters. The Morgan fingerprint density at radius 1 is 0.350 bits per heavy atom. The summed E-state index contributed by atoms with van der Waals surface area (Å²) in [5.74, 6) is -2.54. The van der Waals surface area contributed by atoms with Crippen LogP contribution in [0.25, 0.3) is 0 Å². The third kappa shape index (κ3) is 4.09. The zero-order chi connectivity index (χ0) is 27.4. The third-order valence-corrected chi connectivity index (χ3v) is 7.26. The summed E-state index contributed by atoms with van der Waals surface area (Å²) in [5, 5.41) is 0. The molecule has 0 amide bonds. The molecule has 0 N–H and O–H groups in total. The fraction of sp³-hybridized carbons (Fsp3) is 0.0625. The van der Waals surface area contributed by atoms with Crippen LogP contribution < -0.4 is 19.6 Å². The van der Waals surface area contributed by atoms with Crippen LogP contribution in [0.4, 0.5) is 63.1 Å². The summed E-state index contributed by atoms with van der Waals surface area (Å²) in [7, 11) is 0. The number of para-hydroxylation sites is 4. The van der Waals surface area contributed by atoms with Crippen molar-refractivity contribution in [3.8, 4) is 0 Å². The van der Waals surface area contributed by atoms with Gasteiger partial charge in [-0.2, -0.15) is 0 Å². The maximum atomic E-state index is 14.1. The van der Waals surface area contributed by atoms with Crippen LogP contribution in [0, 0.1) is 23.3 Å². The SMILES string of the molecule is Fc1cc(F)cc(N2CN(c3cccc(N4CN(c5cc(F)cc(F)c5)c5ccccc54)c3)c3ccccc32)c1. The van der Waals surface area contributed by atoms with Gasteiger partial charge in [0.25, 0.3) is 0 Å². The van der Waals surface area contributed by atoms with E-state index >= 15 is 0 Å². The average Bonchev–Trinajstić information content (AvgIpc) is 3.52. The number of benzene rings is 5. The maximum absolute atomic E-state index is 14.1. The number of anilines is 8. The van der Waals surface area contributed by atoms with Gasteiger partial charge in [0, 0.05) is 34.9 Å². The smallest absolute Gasteiger partial charge is 0.128 e. The Hall–Kier alpha value is -4.98. The van der Waals surface area contributed by atoms with Gasteiger partial charge in [0.1, 0.15) is 36.6 Å². The van der Waals surface area contributed by atoms with E-state index in [-0.39, 0.29) is 0 Å². The second-order valence-corrected chi connectivity index (χ2v) is 9.75. The predicted octanol–water partition coefficient (Wildman–Crippen LogP) is 8.74. The van der Waals surface area contributed by atoms with Crippen LogP contribution in [-0.2, 0) is 0 Å². The van der Waals surface area contributed by atoms with Crippen LogP contribution in [0.2, 0.25) is 0 Å². The second-order valence-electron chi connectivity index (χ2n) is 9.75.